The molecule has 0 amide bonds. The molecule has 0 radical (unpaired) electrons. The molecule has 2 aromatic rings. The van der Waals surface area contributed by atoms with Gasteiger partial charge in [-0.25, -0.2) is 4.68 Å². The molecule has 0 N–H and O–H groups in total. The number of likely N-dealkylation sites (N-methyl/N-ethyl adjacent to an activating group) is 1. The molecule has 1 aromatic carbocycles. The number of hydrogen-bond donors (Lipinski definition) is 0. The molecule has 1 fully saturated rings. The Morgan fingerprint density at radius 2 is 1.69 bits per heavy atom. The smallest absolute Gasteiger partial charge is 0.173 e. The fourth-order valence-corrected chi connectivity index (χ4v) is 3.30. The predicted molar refractivity (Wildman–Crippen MR) is 99.4 cm³/mol. The van der Waals surface area contributed by atoms with E-state index in [-0.39, 0.29) is 18.4 Å². The van der Waals surface area contributed by atoms with Gasteiger partial charge in [0.05, 0.1) is 6.04 Å². The number of hydrogen-bond acceptors (Lipinski definition) is 5. The van der Waals surface area contributed by atoms with E-state index in [9.17, 15) is 0 Å². The number of tetrazole rings is 1. The number of piperazine rings is 1. The van der Waals surface area contributed by atoms with Crippen LogP contribution < -0.4 is 12.4 Å². The minimum atomic E-state index is 0. The summed E-state index contributed by atoms with van der Waals surface area (Å²) in [7, 11) is 2.19. The van der Waals surface area contributed by atoms with E-state index in [0.29, 0.717) is 5.92 Å². The van der Waals surface area contributed by atoms with E-state index in [1.807, 2.05) is 4.68 Å². The topological polar surface area (TPSA) is 50.1 Å². The second kappa shape index (κ2) is 9.44. The SMILES string of the molecule is Cc1ccc(C(c2nnnn2CCC(C)C)N2CCN(C)CC2)cc1.[Cl-]. The molecule has 6 nitrogen and oxygen atoms in total. The summed E-state index contributed by atoms with van der Waals surface area (Å²) >= 11 is 0. The average molecular weight is 378 g/mol. The lowest BCUT2D eigenvalue weighted by atomic mass is 10.0. The molecule has 1 saturated heterocycles. The summed E-state index contributed by atoms with van der Waals surface area (Å²) in [6, 6.07) is 8.93. The first kappa shape index (κ1) is 20.8. The average Bonchev–Trinajstić information content (AvgIpc) is 3.05. The molecular formula is C19H30ClN6-. The van der Waals surface area contributed by atoms with Gasteiger partial charge in [-0.2, -0.15) is 0 Å². The molecule has 0 bridgehead atoms. The number of rotatable bonds is 6. The molecule has 26 heavy (non-hydrogen) atoms. The highest BCUT2D eigenvalue weighted by atomic mass is 35.5. The molecule has 0 spiro atoms. The monoisotopic (exact) mass is 377 g/mol. The van der Waals surface area contributed by atoms with Crippen molar-refractivity contribution in [2.45, 2.75) is 39.8 Å². The Balaban J connectivity index is 0.00000243. The summed E-state index contributed by atoms with van der Waals surface area (Å²) in [4.78, 5) is 4.90. The van der Waals surface area contributed by atoms with Crippen molar-refractivity contribution < 1.29 is 12.4 Å². The van der Waals surface area contributed by atoms with Crippen LogP contribution in [-0.4, -0.2) is 63.2 Å². The lowest BCUT2D eigenvalue weighted by Gasteiger charge is -2.37. The molecular weight excluding hydrogens is 348 g/mol. The fraction of sp³-hybridized carbons (Fsp3) is 0.632. The second-order valence-corrected chi connectivity index (χ2v) is 7.60. The standard InChI is InChI=1S/C19H30N6.ClH/c1-15(2)9-10-25-19(20-21-22-25)18(17-7-5-16(3)6-8-17)24-13-11-23(4)12-14-24;/h5-8,15,18H,9-14H2,1-4H3;1H/p-1. The summed E-state index contributed by atoms with van der Waals surface area (Å²) in [5, 5.41) is 12.7. The van der Waals surface area contributed by atoms with Crippen molar-refractivity contribution in [2.75, 3.05) is 33.2 Å². The van der Waals surface area contributed by atoms with Crippen molar-refractivity contribution in [2.24, 2.45) is 5.92 Å². The van der Waals surface area contributed by atoms with Gasteiger partial charge in [-0.1, -0.05) is 43.7 Å². The number of aryl methyl sites for hydroxylation is 2. The van der Waals surface area contributed by atoms with E-state index in [4.69, 9.17) is 0 Å². The molecule has 1 atom stereocenters. The molecule has 144 valence electrons. The summed E-state index contributed by atoms with van der Waals surface area (Å²) in [6.45, 7) is 11.7. The fourth-order valence-electron chi connectivity index (χ4n) is 3.30. The van der Waals surface area contributed by atoms with Gasteiger partial charge in [0.25, 0.3) is 0 Å². The Morgan fingerprint density at radius 3 is 2.31 bits per heavy atom. The summed E-state index contributed by atoms with van der Waals surface area (Å²) < 4.78 is 2.00. The highest BCUT2D eigenvalue weighted by Gasteiger charge is 2.29. The molecule has 2 heterocycles. The van der Waals surface area contributed by atoms with Gasteiger partial charge in [0.15, 0.2) is 5.82 Å². The van der Waals surface area contributed by atoms with Crippen molar-refractivity contribution in [1.29, 1.82) is 0 Å². The maximum atomic E-state index is 4.43. The largest absolute Gasteiger partial charge is 1.00 e. The maximum Gasteiger partial charge on any atom is 0.173 e. The van der Waals surface area contributed by atoms with Crippen LogP contribution in [0.15, 0.2) is 24.3 Å². The lowest BCUT2D eigenvalue weighted by molar-refractivity contribution is -0.00000567. The van der Waals surface area contributed by atoms with Crippen molar-refractivity contribution in [3.05, 3.63) is 41.2 Å². The Hall–Kier alpha value is -1.50. The molecule has 7 heteroatoms. The first-order chi connectivity index (χ1) is 12.0. The van der Waals surface area contributed by atoms with Crippen LogP contribution in [0.5, 0.6) is 0 Å². The van der Waals surface area contributed by atoms with Crippen LogP contribution >= 0.6 is 0 Å². The minimum absolute atomic E-state index is 0. The van der Waals surface area contributed by atoms with Crippen molar-refractivity contribution >= 4 is 0 Å². The Morgan fingerprint density at radius 1 is 1.04 bits per heavy atom. The summed E-state index contributed by atoms with van der Waals surface area (Å²) in [5.74, 6) is 1.60. The molecule has 1 aromatic heterocycles. The van der Waals surface area contributed by atoms with Gasteiger partial charge in [-0.05, 0) is 42.3 Å². The quantitative estimate of drug-likeness (QED) is 0.671. The zero-order valence-corrected chi connectivity index (χ0v) is 17.0. The molecule has 1 aliphatic rings. The Bertz CT molecular complexity index is 661. The highest BCUT2D eigenvalue weighted by molar-refractivity contribution is 5.28. The van der Waals surface area contributed by atoms with Gasteiger partial charge in [-0.3, -0.25) is 4.90 Å². The van der Waals surface area contributed by atoms with Crippen LogP contribution in [0.4, 0.5) is 0 Å². The first-order valence-corrected chi connectivity index (χ1v) is 9.30. The lowest BCUT2D eigenvalue weighted by Crippen LogP contribution is -3.00. The van der Waals surface area contributed by atoms with Crippen LogP contribution in [0.3, 0.4) is 0 Å². The van der Waals surface area contributed by atoms with Crippen LogP contribution in [0.2, 0.25) is 0 Å². The van der Waals surface area contributed by atoms with Crippen LogP contribution in [0.25, 0.3) is 0 Å². The molecule has 1 aliphatic heterocycles. The number of benzene rings is 1. The van der Waals surface area contributed by atoms with E-state index in [1.54, 1.807) is 0 Å². The van der Waals surface area contributed by atoms with Crippen LogP contribution in [0.1, 0.15) is 43.3 Å². The summed E-state index contributed by atoms with van der Waals surface area (Å²) in [5.41, 5.74) is 2.55. The maximum absolute atomic E-state index is 4.43. The van der Waals surface area contributed by atoms with Gasteiger partial charge < -0.3 is 17.3 Å². The number of nitrogens with zero attached hydrogens (tertiary/aromatic N) is 6. The predicted octanol–water partition coefficient (Wildman–Crippen LogP) is -0.632. The van der Waals surface area contributed by atoms with E-state index >= 15 is 0 Å². The highest BCUT2D eigenvalue weighted by Crippen LogP contribution is 2.28. The van der Waals surface area contributed by atoms with Gasteiger partial charge in [0.1, 0.15) is 0 Å². The van der Waals surface area contributed by atoms with Gasteiger partial charge >= 0.3 is 0 Å². The number of aromatic nitrogens is 4. The van der Waals surface area contributed by atoms with Crippen molar-refractivity contribution in [3.8, 4) is 0 Å². The minimum Gasteiger partial charge on any atom is -1.00 e. The van der Waals surface area contributed by atoms with Crippen LogP contribution in [-0.2, 0) is 6.54 Å². The third kappa shape index (κ3) is 5.02. The van der Waals surface area contributed by atoms with Crippen molar-refractivity contribution in [3.63, 3.8) is 0 Å². The van der Waals surface area contributed by atoms with E-state index in [0.717, 1.165) is 45.0 Å². The third-order valence-electron chi connectivity index (χ3n) is 5.02. The zero-order valence-electron chi connectivity index (χ0n) is 16.3. The van der Waals surface area contributed by atoms with Crippen LogP contribution in [0, 0.1) is 12.8 Å². The molecule has 3 rings (SSSR count). The van der Waals surface area contributed by atoms with Gasteiger partial charge in [0, 0.05) is 32.7 Å². The normalized spacial score (nSPS) is 17.3. The van der Waals surface area contributed by atoms with E-state index < -0.39 is 0 Å². The third-order valence-corrected chi connectivity index (χ3v) is 5.02. The van der Waals surface area contributed by atoms with Crippen molar-refractivity contribution in [1.82, 2.24) is 30.0 Å². The van der Waals surface area contributed by atoms with Gasteiger partial charge in [0.2, 0.25) is 0 Å². The number of halogens is 1. The summed E-state index contributed by atoms with van der Waals surface area (Å²) in [6.07, 6.45) is 1.08. The van der Waals surface area contributed by atoms with E-state index in [2.05, 4.69) is 77.4 Å². The molecule has 0 saturated carbocycles. The first-order valence-electron chi connectivity index (χ1n) is 9.30. The van der Waals surface area contributed by atoms with Gasteiger partial charge in [-0.15, -0.1) is 5.10 Å². The Kier molecular flexibility index (Phi) is 7.55. The Labute approximate surface area is 163 Å². The molecule has 1 unspecified atom stereocenters. The molecule has 0 aliphatic carbocycles. The second-order valence-electron chi connectivity index (χ2n) is 7.60. The zero-order chi connectivity index (χ0) is 17.8. The van der Waals surface area contributed by atoms with E-state index in [1.165, 1.54) is 11.1 Å².